The van der Waals surface area contributed by atoms with Gasteiger partial charge < -0.3 is 24.6 Å². The van der Waals surface area contributed by atoms with E-state index in [2.05, 4.69) is 16.3 Å². The van der Waals surface area contributed by atoms with Gasteiger partial charge in [0.05, 0.1) is 41.3 Å². The summed E-state index contributed by atoms with van der Waals surface area (Å²) in [6.45, 7) is 6.20. The third-order valence-corrected chi connectivity index (χ3v) is 7.22. The molecule has 1 aromatic carbocycles. The molecule has 11 heteroatoms. The topological polar surface area (TPSA) is 88.9 Å². The van der Waals surface area contributed by atoms with E-state index in [1.165, 1.54) is 11.3 Å². The second-order valence-electron chi connectivity index (χ2n) is 8.36. The molecule has 3 aromatic rings. The van der Waals surface area contributed by atoms with Crippen LogP contribution in [0.5, 0.6) is 0 Å². The smallest absolute Gasteiger partial charge is 0.261 e. The van der Waals surface area contributed by atoms with E-state index in [1.807, 2.05) is 29.8 Å². The van der Waals surface area contributed by atoms with Crippen molar-refractivity contribution in [1.29, 1.82) is 0 Å². The minimum atomic E-state index is -0.181. The number of halogens is 1. The van der Waals surface area contributed by atoms with Crippen molar-refractivity contribution >= 4 is 46.4 Å². The minimum absolute atomic E-state index is 0.0335. The van der Waals surface area contributed by atoms with E-state index in [-0.39, 0.29) is 25.0 Å². The predicted molar refractivity (Wildman–Crippen MR) is 135 cm³/mol. The molecule has 35 heavy (non-hydrogen) atoms. The summed E-state index contributed by atoms with van der Waals surface area (Å²) in [7, 11) is 0. The monoisotopic (exact) mass is 515 g/mol. The lowest BCUT2D eigenvalue weighted by Crippen LogP contribution is -2.42. The highest BCUT2D eigenvalue weighted by Gasteiger charge is 2.23. The van der Waals surface area contributed by atoms with Crippen LogP contribution in [0.25, 0.3) is 5.69 Å². The van der Waals surface area contributed by atoms with Crippen molar-refractivity contribution in [3.63, 3.8) is 0 Å². The molecule has 2 aromatic heterocycles. The van der Waals surface area contributed by atoms with Gasteiger partial charge in [0.15, 0.2) is 0 Å². The maximum Gasteiger partial charge on any atom is 0.261 e. The molecule has 184 valence electrons. The molecular formula is C24H26ClN5O4S. The average molecular weight is 516 g/mol. The normalized spacial score (nSPS) is 16.6. The Kier molecular flexibility index (Phi) is 7.05. The number of imidazole rings is 1. The number of carbonyl (C=O) groups excluding carboxylic acids is 2. The number of carbonyl (C=O) groups is 2. The van der Waals surface area contributed by atoms with E-state index in [1.54, 1.807) is 17.0 Å². The number of ether oxygens (including phenoxy) is 2. The van der Waals surface area contributed by atoms with Gasteiger partial charge in [0.2, 0.25) is 5.95 Å². The molecule has 0 bridgehead atoms. The lowest BCUT2D eigenvalue weighted by Gasteiger charge is -2.29. The maximum absolute atomic E-state index is 12.5. The molecule has 0 radical (unpaired) electrons. The molecule has 0 aliphatic carbocycles. The number of nitrogens with one attached hydrogen (secondary N) is 1. The summed E-state index contributed by atoms with van der Waals surface area (Å²) in [6, 6.07) is 9.44. The molecule has 4 heterocycles. The van der Waals surface area contributed by atoms with Gasteiger partial charge in [0.1, 0.15) is 6.61 Å². The van der Waals surface area contributed by atoms with E-state index in [9.17, 15) is 9.59 Å². The first kappa shape index (κ1) is 23.8. The molecule has 0 spiro atoms. The lowest BCUT2D eigenvalue weighted by molar-refractivity contribution is -0.125. The van der Waals surface area contributed by atoms with Crippen molar-refractivity contribution in [2.24, 2.45) is 0 Å². The summed E-state index contributed by atoms with van der Waals surface area (Å²) in [4.78, 5) is 34.2. The number of amides is 2. The molecular weight excluding hydrogens is 490 g/mol. The lowest BCUT2D eigenvalue weighted by atomic mass is 10.1. The molecule has 2 aliphatic heterocycles. The summed E-state index contributed by atoms with van der Waals surface area (Å²) in [5.41, 5.74) is 3.55. The Bertz CT molecular complexity index is 1240. The number of morpholine rings is 2. The van der Waals surface area contributed by atoms with Gasteiger partial charge in [-0.1, -0.05) is 11.6 Å². The maximum atomic E-state index is 12.5. The third-order valence-electron chi connectivity index (χ3n) is 5.99. The number of hydrogen-bond acceptors (Lipinski definition) is 7. The number of hydrogen-bond donors (Lipinski definition) is 1. The fourth-order valence-electron chi connectivity index (χ4n) is 4.24. The van der Waals surface area contributed by atoms with Gasteiger partial charge in [0, 0.05) is 37.2 Å². The van der Waals surface area contributed by atoms with Crippen molar-refractivity contribution in [1.82, 2.24) is 14.9 Å². The first-order valence-electron chi connectivity index (χ1n) is 11.4. The van der Waals surface area contributed by atoms with E-state index in [0.717, 1.165) is 41.7 Å². The molecule has 2 aliphatic rings. The summed E-state index contributed by atoms with van der Waals surface area (Å²) >= 11 is 7.20. The molecule has 0 saturated carbocycles. The van der Waals surface area contributed by atoms with Gasteiger partial charge in [-0.15, -0.1) is 11.3 Å². The second-order valence-corrected chi connectivity index (χ2v) is 10.1. The Labute approximate surface area is 212 Å². The SMILES string of the molecule is Cc1cc(-n2cc(CNC(=O)c3ccc(Cl)s3)nc2N2CCOCC2)ccc1N1CCOCC1=O. The number of aryl methyl sites for hydroxylation is 1. The summed E-state index contributed by atoms with van der Waals surface area (Å²) in [5, 5.41) is 2.93. The van der Waals surface area contributed by atoms with E-state index in [0.29, 0.717) is 35.6 Å². The molecule has 5 rings (SSSR count). The Hall–Kier alpha value is -2.92. The number of anilines is 2. The Morgan fingerprint density at radius 1 is 1.14 bits per heavy atom. The first-order valence-corrected chi connectivity index (χ1v) is 12.6. The molecule has 2 amide bonds. The van der Waals surface area contributed by atoms with Crippen LogP contribution in [0.3, 0.4) is 0 Å². The van der Waals surface area contributed by atoms with Gasteiger partial charge in [-0.05, 0) is 42.8 Å². The highest BCUT2D eigenvalue weighted by Crippen LogP contribution is 2.28. The summed E-state index contributed by atoms with van der Waals surface area (Å²) in [5.74, 6) is 0.583. The first-order chi connectivity index (χ1) is 17.0. The van der Waals surface area contributed by atoms with Crippen LogP contribution in [-0.4, -0.2) is 67.4 Å². The molecule has 1 N–H and O–H groups in total. The Morgan fingerprint density at radius 3 is 2.66 bits per heavy atom. The number of benzene rings is 1. The van der Waals surface area contributed by atoms with Crippen LogP contribution in [0.4, 0.5) is 11.6 Å². The van der Waals surface area contributed by atoms with E-state index >= 15 is 0 Å². The number of thiophene rings is 1. The Balaban J connectivity index is 1.41. The van der Waals surface area contributed by atoms with Crippen molar-refractivity contribution in [3.8, 4) is 5.69 Å². The minimum Gasteiger partial charge on any atom is -0.378 e. The zero-order valence-corrected chi connectivity index (χ0v) is 20.9. The summed E-state index contributed by atoms with van der Waals surface area (Å²) < 4.78 is 13.4. The van der Waals surface area contributed by atoms with Crippen molar-refractivity contribution in [2.45, 2.75) is 13.5 Å². The van der Waals surface area contributed by atoms with E-state index in [4.69, 9.17) is 26.1 Å². The molecule has 2 fully saturated rings. The van der Waals surface area contributed by atoms with Crippen LogP contribution in [0.2, 0.25) is 4.34 Å². The molecule has 9 nitrogen and oxygen atoms in total. The van der Waals surface area contributed by atoms with Crippen LogP contribution < -0.4 is 15.1 Å². The predicted octanol–water partition coefficient (Wildman–Crippen LogP) is 3.03. The average Bonchev–Trinajstić information content (AvgIpc) is 3.50. The number of aromatic nitrogens is 2. The van der Waals surface area contributed by atoms with Crippen LogP contribution >= 0.6 is 22.9 Å². The van der Waals surface area contributed by atoms with E-state index < -0.39 is 0 Å². The van der Waals surface area contributed by atoms with Crippen molar-refractivity contribution < 1.29 is 19.1 Å². The van der Waals surface area contributed by atoms with Crippen LogP contribution in [0.15, 0.2) is 36.5 Å². The van der Waals surface area contributed by atoms with Crippen LogP contribution in [-0.2, 0) is 20.8 Å². The van der Waals surface area contributed by atoms with Gasteiger partial charge in [-0.3, -0.25) is 14.2 Å². The molecule has 0 unspecified atom stereocenters. The highest BCUT2D eigenvalue weighted by molar-refractivity contribution is 7.18. The zero-order valence-electron chi connectivity index (χ0n) is 19.3. The van der Waals surface area contributed by atoms with Gasteiger partial charge in [-0.2, -0.15) is 0 Å². The molecule has 0 atom stereocenters. The standard InChI is InChI=1S/C24H26ClN5O4S/c1-16-12-18(2-3-19(16)29-8-11-34-15-22(29)31)30-14-17(27-24(30)28-6-9-33-10-7-28)13-26-23(32)20-4-5-21(25)35-20/h2-5,12,14H,6-11,13,15H2,1H3,(H,26,32). The quantitative estimate of drug-likeness (QED) is 0.543. The largest absolute Gasteiger partial charge is 0.378 e. The van der Waals surface area contributed by atoms with Gasteiger partial charge in [0.25, 0.3) is 11.8 Å². The zero-order chi connectivity index (χ0) is 24.4. The second kappa shape index (κ2) is 10.4. The van der Waals surface area contributed by atoms with Crippen molar-refractivity contribution in [2.75, 3.05) is 55.9 Å². The number of rotatable bonds is 6. The third kappa shape index (κ3) is 5.20. The van der Waals surface area contributed by atoms with Crippen molar-refractivity contribution in [3.05, 3.63) is 57.0 Å². The fraction of sp³-hybridized carbons (Fsp3) is 0.375. The summed E-state index contributed by atoms with van der Waals surface area (Å²) in [6.07, 6.45) is 1.95. The van der Waals surface area contributed by atoms with Crippen LogP contribution in [0, 0.1) is 6.92 Å². The van der Waals surface area contributed by atoms with Gasteiger partial charge in [-0.25, -0.2) is 4.98 Å². The molecule has 2 saturated heterocycles. The fourth-order valence-corrected chi connectivity index (χ4v) is 5.20. The number of nitrogens with zero attached hydrogens (tertiary/aromatic N) is 4. The highest BCUT2D eigenvalue weighted by atomic mass is 35.5. The van der Waals surface area contributed by atoms with Crippen LogP contribution in [0.1, 0.15) is 20.9 Å². The Morgan fingerprint density at radius 2 is 1.94 bits per heavy atom. The van der Waals surface area contributed by atoms with Gasteiger partial charge >= 0.3 is 0 Å².